The number of carbonyl (C=O) groups excluding carboxylic acids is 1. The average molecular weight is 310 g/mol. The van der Waals surface area contributed by atoms with E-state index < -0.39 is 11.9 Å². The third kappa shape index (κ3) is 2.88. The monoisotopic (exact) mass is 309 g/mol. The Kier molecular flexibility index (Phi) is 4.23. The van der Waals surface area contributed by atoms with Gasteiger partial charge in [-0.3, -0.25) is 4.79 Å². The Morgan fingerprint density at radius 3 is 2.62 bits per heavy atom. The lowest BCUT2D eigenvalue weighted by Gasteiger charge is -2.09. The quantitative estimate of drug-likeness (QED) is 0.696. The second kappa shape index (κ2) is 5.77. The van der Waals surface area contributed by atoms with Crippen LogP contribution in [0.1, 0.15) is 33.8 Å². The number of aryl methyl sites for hydroxylation is 1. The summed E-state index contributed by atoms with van der Waals surface area (Å²) in [4.78, 5) is 22.9. The van der Waals surface area contributed by atoms with Gasteiger partial charge in [0.25, 0.3) is 0 Å². The van der Waals surface area contributed by atoms with Gasteiger partial charge in [0.1, 0.15) is 6.54 Å². The van der Waals surface area contributed by atoms with E-state index in [-0.39, 0.29) is 11.9 Å². The number of carbonyl (C=O) groups is 2. The maximum atomic E-state index is 11.9. The van der Waals surface area contributed by atoms with Crippen molar-refractivity contribution in [1.82, 2.24) is 4.57 Å². The maximum absolute atomic E-state index is 11.9. The zero-order valence-electron chi connectivity index (χ0n) is 12.0. The van der Waals surface area contributed by atoms with Gasteiger partial charge in [-0.1, -0.05) is 6.07 Å². The van der Waals surface area contributed by atoms with Crippen LogP contribution in [0.3, 0.4) is 0 Å². The molecular weight excluding hydrogens is 294 g/mol. The van der Waals surface area contributed by atoms with Crippen LogP contribution in [0.5, 0.6) is 0 Å². The summed E-state index contributed by atoms with van der Waals surface area (Å²) in [5.74, 6) is -1.47. The summed E-state index contributed by atoms with van der Waals surface area (Å²) in [6.45, 7) is 3.49. The summed E-state index contributed by atoms with van der Waals surface area (Å²) in [5, 5.41) is 9.46. The fraction of sp³-hybridized carbons (Fsp3) is 0.333. The number of hydrogen-bond donors (Lipinski definition) is 1. The van der Waals surface area contributed by atoms with Crippen LogP contribution in [0, 0.1) is 6.92 Å². The van der Waals surface area contributed by atoms with Crippen LogP contribution in [-0.2, 0) is 16.1 Å². The van der Waals surface area contributed by atoms with Crippen molar-refractivity contribution in [3.8, 4) is 0 Å². The second-order valence-corrected chi connectivity index (χ2v) is 5.56. The van der Waals surface area contributed by atoms with Gasteiger partial charge in [0, 0.05) is 11.6 Å². The first-order valence-electron chi connectivity index (χ1n) is 6.42. The van der Waals surface area contributed by atoms with E-state index in [4.69, 9.17) is 21.4 Å². The van der Waals surface area contributed by atoms with E-state index in [1.807, 2.05) is 26.0 Å². The molecule has 6 heteroatoms. The first-order valence-corrected chi connectivity index (χ1v) is 6.86. The molecule has 0 radical (unpaired) electrons. The van der Waals surface area contributed by atoms with Crippen LogP contribution in [0.4, 0.5) is 0 Å². The van der Waals surface area contributed by atoms with Crippen molar-refractivity contribution in [2.24, 2.45) is 0 Å². The molecule has 1 heterocycles. The molecule has 21 heavy (non-hydrogen) atoms. The van der Waals surface area contributed by atoms with Crippen molar-refractivity contribution in [2.45, 2.75) is 25.8 Å². The normalized spacial score (nSPS) is 12.4. The molecule has 5 nitrogen and oxygen atoms in total. The fourth-order valence-electron chi connectivity index (χ4n) is 2.46. The van der Waals surface area contributed by atoms with E-state index in [0.29, 0.717) is 16.5 Å². The minimum absolute atomic E-state index is 0.207. The zero-order chi connectivity index (χ0) is 15.7. The van der Waals surface area contributed by atoms with Gasteiger partial charge >= 0.3 is 11.9 Å². The van der Waals surface area contributed by atoms with Crippen LogP contribution in [-0.4, -0.2) is 28.7 Å². The van der Waals surface area contributed by atoms with Crippen LogP contribution in [0.15, 0.2) is 18.3 Å². The third-order valence-corrected chi connectivity index (χ3v) is 3.61. The standard InChI is InChI=1S/C15H16ClNO4/c1-8-4-10(9(2)16)5-11-12(15(20)21-3)6-17(14(8)11)7-13(18)19/h4-6,9H,7H2,1-3H3,(H,18,19)/t9-/m0/s1. The molecule has 0 unspecified atom stereocenters. The van der Waals surface area contributed by atoms with Crippen molar-refractivity contribution in [3.05, 3.63) is 35.0 Å². The van der Waals surface area contributed by atoms with Crippen LogP contribution >= 0.6 is 11.6 Å². The summed E-state index contributed by atoms with van der Waals surface area (Å²) in [6.07, 6.45) is 1.51. The number of ether oxygens (including phenoxy) is 1. The molecule has 0 saturated heterocycles. The molecule has 1 aromatic heterocycles. The molecule has 2 aromatic rings. The molecule has 1 N–H and O–H groups in total. The smallest absolute Gasteiger partial charge is 0.340 e. The highest BCUT2D eigenvalue weighted by molar-refractivity contribution is 6.20. The first kappa shape index (κ1) is 15.4. The van der Waals surface area contributed by atoms with E-state index in [1.54, 1.807) is 4.57 Å². The minimum atomic E-state index is -0.975. The number of fused-ring (bicyclic) bond motifs is 1. The molecular formula is C15H16ClNO4. The van der Waals surface area contributed by atoms with Gasteiger partial charge in [0.15, 0.2) is 0 Å². The SMILES string of the molecule is COC(=O)c1cn(CC(=O)O)c2c(C)cc([C@H](C)Cl)cc12. The Morgan fingerprint density at radius 1 is 1.43 bits per heavy atom. The van der Waals surface area contributed by atoms with Crippen molar-refractivity contribution < 1.29 is 19.4 Å². The molecule has 1 atom stereocenters. The Hall–Kier alpha value is -2.01. The van der Waals surface area contributed by atoms with Gasteiger partial charge in [-0.2, -0.15) is 0 Å². The first-order chi connectivity index (χ1) is 9.85. The topological polar surface area (TPSA) is 68.5 Å². The van der Waals surface area contributed by atoms with Gasteiger partial charge in [-0.05, 0) is 31.0 Å². The average Bonchev–Trinajstić information content (AvgIpc) is 2.76. The number of aliphatic carboxylic acids is 1. The minimum Gasteiger partial charge on any atom is -0.480 e. The molecule has 0 aliphatic heterocycles. The lowest BCUT2D eigenvalue weighted by atomic mass is 10.0. The van der Waals surface area contributed by atoms with Gasteiger partial charge in [0.05, 0.1) is 23.6 Å². The summed E-state index contributed by atoms with van der Waals surface area (Å²) >= 11 is 6.12. The van der Waals surface area contributed by atoms with E-state index in [9.17, 15) is 9.59 Å². The fourth-order valence-corrected chi connectivity index (χ4v) is 2.58. The maximum Gasteiger partial charge on any atom is 0.340 e. The molecule has 0 bridgehead atoms. The lowest BCUT2D eigenvalue weighted by Crippen LogP contribution is -2.08. The van der Waals surface area contributed by atoms with Crippen LogP contribution in [0.2, 0.25) is 0 Å². The molecule has 0 amide bonds. The number of carboxylic acid groups (broad SMARTS) is 1. The van der Waals surface area contributed by atoms with E-state index in [1.165, 1.54) is 13.3 Å². The molecule has 1 aromatic carbocycles. The van der Waals surface area contributed by atoms with Gasteiger partial charge in [-0.15, -0.1) is 11.6 Å². The summed E-state index contributed by atoms with van der Waals surface area (Å²) < 4.78 is 6.31. The molecule has 2 rings (SSSR count). The van der Waals surface area contributed by atoms with Gasteiger partial charge < -0.3 is 14.4 Å². The summed E-state index contributed by atoms with van der Waals surface area (Å²) in [6, 6.07) is 3.71. The highest BCUT2D eigenvalue weighted by Crippen LogP contribution is 2.31. The predicted octanol–water partition coefficient (Wildman–Crippen LogP) is 3.12. The zero-order valence-corrected chi connectivity index (χ0v) is 12.8. The number of methoxy groups -OCH3 is 1. The van der Waals surface area contributed by atoms with E-state index >= 15 is 0 Å². The molecule has 0 aliphatic rings. The lowest BCUT2D eigenvalue weighted by molar-refractivity contribution is -0.137. The molecule has 0 fully saturated rings. The Bertz CT molecular complexity index is 718. The van der Waals surface area contributed by atoms with Gasteiger partial charge in [-0.25, -0.2) is 4.79 Å². The number of hydrogen-bond acceptors (Lipinski definition) is 3. The Balaban J connectivity index is 2.77. The third-order valence-electron chi connectivity index (χ3n) is 3.36. The molecule has 0 aliphatic carbocycles. The molecule has 112 valence electrons. The number of alkyl halides is 1. The van der Waals surface area contributed by atoms with Gasteiger partial charge in [0.2, 0.25) is 0 Å². The number of benzene rings is 1. The largest absolute Gasteiger partial charge is 0.480 e. The van der Waals surface area contributed by atoms with E-state index in [0.717, 1.165) is 11.1 Å². The summed E-state index contributed by atoms with van der Waals surface area (Å²) in [5.41, 5.74) is 2.79. The highest BCUT2D eigenvalue weighted by atomic mass is 35.5. The number of esters is 1. The summed E-state index contributed by atoms with van der Waals surface area (Å²) in [7, 11) is 1.30. The number of carboxylic acids is 1. The highest BCUT2D eigenvalue weighted by Gasteiger charge is 2.19. The Labute approximate surface area is 127 Å². The van der Waals surface area contributed by atoms with Crippen molar-refractivity contribution in [1.29, 1.82) is 0 Å². The predicted molar refractivity (Wildman–Crippen MR) is 79.9 cm³/mol. The number of rotatable bonds is 4. The number of aromatic nitrogens is 1. The van der Waals surface area contributed by atoms with Crippen LogP contribution in [0.25, 0.3) is 10.9 Å². The number of halogens is 1. The van der Waals surface area contributed by atoms with E-state index in [2.05, 4.69) is 0 Å². The van der Waals surface area contributed by atoms with Crippen molar-refractivity contribution in [3.63, 3.8) is 0 Å². The second-order valence-electron chi connectivity index (χ2n) is 4.91. The molecule has 0 spiro atoms. The van der Waals surface area contributed by atoms with Crippen molar-refractivity contribution in [2.75, 3.05) is 7.11 Å². The van der Waals surface area contributed by atoms with Crippen LogP contribution < -0.4 is 0 Å². The van der Waals surface area contributed by atoms with Crippen molar-refractivity contribution >= 4 is 34.4 Å². The number of nitrogens with zero attached hydrogens (tertiary/aromatic N) is 1. The molecule has 0 saturated carbocycles. The Morgan fingerprint density at radius 2 is 2.10 bits per heavy atom.